The number of nitrogens with zero attached hydrogens (tertiary/aromatic N) is 1. The molecule has 0 atom stereocenters. The van der Waals surface area contributed by atoms with Crippen LogP contribution in [0.2, 0.25) is 0 Å². The maximum atomic E-state index is 11.2. The number of hydrogen-bond donors (Lipinski definition) is 1. The molecule has 0 heterocycles. The fourth-order valence-electron chi connectivity index (χ4n) is 0.958. The summed E-state index contributed by atoms with van der Waals surface area (Å²) in [5.41, 5.74) is 6.49. The number of anilines is 1. The Morgan fingerprint density at radius 2 is 2.29 bits per heavy atom. The molecular formula is C9H7BrN2O2. The SMILES string of the molecule is COC(=O)c1ccc(C#N)c(N)c1Br. The predicted octanol–water partition coefficient (Wildman–Crippen LogP) is 1.69. The molecule has 0 spiro atoms. The molecule has 2 N–H and O–H groups in total. The molecule has 1 aromatic carbocycles. The zero-order chi connectivity index (χ0) is 10.7. The number of nitrogens with two attached hydrogens (primary N) is 1. The molecule has 0 aliphatic rings. The standard InChI is InChI=1S/C9H7BrN2O2/c1-14-9(13)6-3-2-5(4-11)8(12)7(6)10/h2-3H,12H2,1H3. The first-order chi connectivity index (χ1) is 6.61. The van der Waals surface area contributed by atoms with Crippen LogP contribution in [0.15, 0.2) is 16.6 Å². The van der Waals surface area contributed by atoms with Gasteiger partial charge in [-0.1, -0.05) is 0 Å². The minimum absolute atomic E-state index is 0.246. The second-order valence-electron chi connectivity index (χ2n) is 2.49. The van der Waals surface area contributed by atoms with Crippen LogP contribution in [-0.2, 0) is 4.74 Å². The maximum Gasteiger partial charge on any atom is 0.339 e. The van der Waals surface area contributed by atoms with Gasteiger partial charge in [-0.3, -0.25) is 0 Å². The molecule has 0 amide bonds. The van der Waals surface area contributed by atoms with E-state index in [1.165, 1.54) is 19.2 Å². The quantitative estimate of drug-likeness (QED) is 0.611. The van der Waals surface area contributed by atoms with Gasteiger partial charge in [-0.2, -0.15) is 5.26 Å². The van der Waals surface area contributed by atoms with Gasteiger partial charge in [0.2, 0.25) is 0 Å². The minimum atomic E-state index is -0.493. The third-order valence-corrected chi connectivity index (χ3v) is 2.56. The van der Waals surface area contributed by atoms with Crippen molar-refractivity contribution in [3.8, 4) is 6.07 Å². The molecule has 14 heavy (non-hydrogen) atoms. The lowest BCUT2D eigenvalue weighted by Crippen LogP contribution is -2.05. The van der Waals surface area contributed by atoms with E-state index in [1.54, 1.807) is 0 Å². The second-order valence-corrected chi connectivity index (χ2v) is 3.28. The van der Waals surface area contributed by atoms with Crippen molar-refractivity contribution in [1.82, 2.24) is 0 Å². The van der Waals surface area contributed by atoms with E-state index in [9.17, 15) is 4.79 Å². The lowest BCUT2D eigenvalue weighted by molar-refractivity contribution is 0.0600. The van der Waals surface area contributed by atoms with Crippen molar-refractivity contribution < 1.29 is 9.53 Å². The van der Waals surface area contributed by atoms with Crippen molar-refractivity contribution in [3.05, 3.63) is 27.7 Å². The highest BCUT2D eigenvalue weighted by Gasteiger charge is 2.14. The molecule has 4 nitrogen and oxygen atoms in total. The number of carbonyl (C=O) groups excluding carboxylic acids is 1. The average Bonchev–Trinajstić information content (AvgIpc) is 2.21. The normalized spacial score (nSPS) is 9.21. The van der Waals surface area contributed by atoms with E-state index in [-0.39, 0.29) is 5.69 Å². The molecule has 1 rings (SSSR count). The number of halogens is 1. The van der Waals surface area contributed by atoms with Crippen molar-refractivity contribution >= 4 is 27.6 Å². The van der Waals surface area contributed by atoms with E-state index >= 15 is 0 Å². The van der Waals surface area contributed by atoms with E-state index in [4.69, 9.17) is 11.0 Å². The summed E-state index contributed by atoms with van der Waals surface area (Å²) in [7, 11) is 1.28. The zero-order valence-corrected chi connectivity index (χ0v) is 8.96. The van der Waals surface area contributed by atoms with Crippen LogP contribution < -0.4 is 5.73 Å². The Morgan fingerprint density at radius 3 is 2.79 bits per heavy atom. The van der Waals surface area contributed by atoms with Crippen LogP contribution in [-0.4, -0.2) is 13.1 Å². The number of nitriles is 1. The van der Waals surface area contributed by atoms with Crippen LogP contribution in [0.4, 0.5) is 5.69 Å². The molecule has 0 saturated carbocycles. The molecule has 0 aliphatic carbocycles. The largest absolute Gasteiger partial charge is 0.465 e. The van der Waals surface area contributed by atoms with Gasteiger partial charge in [0.15, 0.2) is 0 Å². The highest BCUT2D eigenvalue weighted by atomic mass is 79.9. The highest BCUT2D eigenvalue weighted by Crippen LogP contribution is 2.27. The van der Waals surface area contributed by atoms with Crippen LogP contribution in [0, 0.1) is 11.3 Å². The first-order valence-corrected chi connectivity index (χ1v) is 4.47. The van der Waals surface area contributed by atoms with Crippen molar-refractivity contribution in [2.75, 3.05) is 12.8 Å². The molecule has 5 heteroatoms. The molecule has 1 aromatic rings. The summed E-state index contributed by atoms with van der Waals surface area (Å²) in [5, 5.41) is 8.66. The average molecular weight is 255 g/mol. The molecule has 0 unspecified atom stereocenters. The van der Waals surface area contributed by atoms with E-state index in [1.807, 2.05) is 6.07 Å². The Labute approximate surface area is 89.4 Å². The van der Waals surface area contributed by atoms with Crippen LogP contribution in [0.5, 0.6) is 0 Å². The Hall–Kier alpha value is -1.54. The first-order valence-electron chi connectivity index (χ1n) is 3.68. The molecule has 0 saturated heterocycles. The second kappa shape index (κ2) is 4.11. The minimum Gasteiger partial charge on any atom is -0.465 e. The topological polar surface area (TPSA) is 76.1 Å². The predicted molar refractivity (Wildman–Crippen MR) is 54.6 cm³/mol. The number of benzene rings is 1. The Bertz CT molecular complexity index is 424. The lowest BCUT2D eigenvalue weighted by Gasteiger charge is -2.05. The number of methoxy groups -OCH3 is 1. The Balaban J connectivity index is 3.33. The third kappa shape index (κ3) is 1.70. The number of carbonyl (C=O) groups is 1. The summed E-state index contributed by atoms with van der Waals surface area (Å²) < 4.78 is 4.93. The molecule has 0 fully saturated rings. The first kappa shape index (κ1) is 10.5. The van der Waals surface area contributed by atoms with Gasteiger partial charge < -0.3 is 10.5 Å². The van der Waals surface area contributed by atoms with Crippen molar-refractivity contribution in [2.24, 2.45) is 0 Å². The highest BCUT2D eigenvalue weighted by molar-refractivity contribution is 9.10. The molecule has 0 aromatic heterocycles. The van der Waals surface area contributed by atoms with Gasteiger partial charge >= 0.3 is 5.97 Å². The lowest BCUT2D eigenvalue weighted by atomic mass is 10.1. The van der Waals surface area contributed by atoms with Crippen molar-refractivity contribution in [3.63, 3.8) is 0 Å². The van der Waals surface area contributed by atoms with Crippen LogP contribution in [0.25, 0.3) is 0 Å². The maximum absolute atomic E-state index is 11.2. The Morgan fingerprint density at radius 1 is 1.64 bits per heavy atom. The fourth-order valence-corrected chi connectivity index (χ4v) is 1.47. The monoisotopic (exact) mass is 254 g/mol. The van der Waals surface area contributed by atoms with Gasteiger partial charge in [0.25, 0.3) is 0 Å². The van der Waals surface area contributed by atoms with Crippen LogP contribution in [0.3, 0.4) is 0 Å². The summed E-state index contributed by atoms with van der Waals surface area (Å²) in [6, 6.07) is 4.88. The number of hydrogen-bond acceptors (Lipinski definition) is 4. The molecule has 0 bridgehead atoms. The van der Waals surface area contributed by atoms with Gasteiger partial charge in [0.1, 0.15) is 6.07 Å². The number of nitrogen functional groups attached to an aromatic ring is 1. The summed E-state index contributed by atoms with van der Waals surface area (Å²) in [5.74, 6) is -0.493. The number of ether oxygens (including phenoxy) is 1. The summed E-state index contributed by atoms with van der Waals surface area (Å²) in [4.78, 5) is 11.2. The smallest absolute Gasteiger partial charge is 0.339 e. The van der Waals surface area contributed by atoms with Crippen LogP contribution in [0.1, 0.15) is 15.9 Å². The molecular weight excluding hydrogens is 248 g/mol. The zero-order valence-electron chi connectivity index (χ0n) is 7.37. The van der Waals surface area contributed by atoms with Crippen molar-refractivity contribution in [1.29, 1.82) is 5.26 Å². The van der Waals surface area contributed by atoms with Gasteiger partial charge in [-0.15, -0.1) is 0 Å². The van der Waals surface area contributed by atoms with Gasteiger partial charge in [0, 0.05) is 0 Å². The van der Waals surface area contributed by atoms with E-state index in [2.05, 4.69) is 20.7 Å². The molecule has 0 aliphatic heterocycles. The third-order valence-electron chi connectivity index (χ3n) is 1.71. The molecule has 0 radical (unpaired) electrons. The van der Waals surface area contributed by atoms with Gasteiger partial charge in [-0.05, 0) is 28.1 Å². The van der Waals surface area contributed by atoms with E-state index in [0.717, 1.165) is 0 Å². The van der Waals surface area contributed by atoms with E-state index in [0.29, 0.717) is 15.6 Å². The molecule has 72 valence electrons. The summed E-state index contributed by atoms with van der Waals surface area (Å²) in [6.07, 6.45) is 0. The number of esters is 1. The number of rotatable bonds is 1. The Kier molecular flexibility index (Phi) is 3.10. The van der Waals surface area contributed by atoms with Crippen LogP contribution >= 0.6 is 15.9 Å². The summed E-state index contributed by atoms with van der Waals surface area (Å²) in [6.45, 7) is 0. The fraction of sp³-hybridized carbons (Fsp3) is 0.111. The summed E-state index contributed by atoms with van der Waals surface area (Å²) >= 11 is 3.14. The van der Waals surface area contributed by atoms with Crippen molar-refractivity contribution in [2.45, 2.75) is 0 Å². The van der Waals surface area contributed by atoms with E-state index < -0.39 is 5.97 Å². The van der Waals surface area contributed by atoms with Gasteiger partial charge in [-0.25, -0.2) is 4.79 Å². The van der Waals surface area contributed by atoms with Gasteiger partial charge in [0.05, 0.1) is 28.4 Å².